The summed E-state index contributed by atoms with van der Waals surface area (Å²) in [6.07, 6.45) is 0. The molecule has 0 atom stereocenters. The highest BCUT2D eigenvalue weighted by Crippen LogP contribution is 2.20. The Hall–Kier alpha value is -0.760. The van der Waals surface area contributed by atoms with E-state index in [1.165, 1.54) is 11.1 Å². The third-order valence-electron chi connectivity index (χ3n) is 3.13. The van der Waals surface area contributed by atoms with E-state index in [1.54, 1.807) is 0 Å². The first kappa shape index (κ1) is 14.6. The number of likely N-dealkylation sites (N-methyl/N-ethyl adjacent to an activating group) is 1. The standard InChI is InChI=1S/C13H15BrN4.HI/c1-18-5-4-15-13(18)16-8-11-7-9-6-10(14)2-3-12(9)17-11;/h2-3,6-7,17H,4-5,8H2,1H3,(H,15,16);1H. The number of fused-ring (bicyclic) bond motifs is 1. The number of H-pyrrole nitrogens is 1. The molecule has 0 radical (unpaired) electrons. The minimum absolute atomic E-state index is 0. The second kappa shape index (κ2) is 6.13. The second-order valence-electron chi connectivity index (χ2n) is 4.51. The van der Waals surface area contributed by atoms with Crippen LogP contribution >= 0.6 is 39.9 Å². The van der Waals surface area contributed by atoms with Crippen molar-refractivity contribution in [3.8, 4) is 0 Å². The number of hydrogen-bond donors (Lipinski definition) is 2. The molecule has 0 spiro atoms. The lowest BCUT2D eigenvalue weighted by atomic mass is 10.2. The van der Waals surface area contributed by atoms with Crippen LogP contribution in [0.15, 0.2) is 33.7 Å². The minimum Gasteiger partial charge on any atom is -0.357 e. The molecule has 4 nitrogen and oxygen atoms in total. The van der Waals surface area contributed by atoms with Crippen LogP contribution in [-0.4, -0.2) is 36.0 Å². The molecule has 1 aliphatic heterocycles. The van der Waals surface area contributed by atoms with Gasteiger partial charge in [-0.3, -0.25) is 4.99 Å². The molecule has 102 valence electrons. The van der Waals surface area contributed by atoms with Crippen LogP contribution in [0.4, 0.5) is 0 Å². The summed E-state index contributed by atoms with van der Waals surface area (Å²) < 4.78 is 1.11. The van der Waals surface area contributed by atoms with Gasteiger partial charge in [0.1, 0.15) is 0 Å². The highest BCUT2D eigenvalue weighted by molar-refractivity contribution is 14.0. The first-order valence-electron chi connectivity index (χ1n) is 5.99. The summed E-state index contributed by atoms with van der Waals surface area (Å²) >= 11 is 3.49. The summed E-state index contributed by atoms with van der Waals surface area (Å²) in [5, 5.41) is 4.58. The topological polar surface area (TPSA) is 43.4 Å². The van der Waals surface area contributed by atoms with E-state index in [0.717, 1.165) is 35.6 Å². The lowest BCUT2D eigenvalue weighted by Crippen LogP contribution is -2.35. The molecule has 0 unspecified atom stereocenters. The predicted molar refractivity (Wildman–Crippen MR) is 93.2 cm³/mol. The van der Waals surface area contributed by atoms with Crippen LogP contribution in [0.25, 0.3) is 10.9 Å². The van der Waals surface area contributed by atoms with Crippen molar-refractivity contribution in [2.75, 3.05) is 20.1 Å². The normalized spacial score (nSPS) is 14.4. The Morgan fingerprint density at radius 3 is 3.00 bits per heavy atom. The van der Waals surface area contributed by atoms with Crippen molar-refractivity contribution < 1.29 is 0 Å². The van der Waals surface area contributed by atoms with Crippen LogP contribution in [0.2, 0.25) is 0 Å². The van der Waals surface area contributed by atoms with Crippen LogP contribution in [0.3, 0.4) is 0 Å². The summed E-state index contributed by atoms with van der Waals surface area (Å²) in [6.45, 7) is 2.66. The molecule has 1 aromatic carbocycles. The smallest absolute Gasteiger partial charge is 0.194 e. The SMILES string of the molecule is CN1CCN=C1NCc1cc2cc(Br)ccc2[nH]1.I. The molecule has 1 aliphatic rings. The van der Waals surface area contributed by atoms with Gasteiger partial charge in [-0.1, -0.05) is 15.9 Å². The Kier molecular flexibility index (Phi) is 4.72. The monoisotopic (exact) mass is 434 g/mol. The van der Waals surface area contributed by atoms with E-state index >= 15 is 0 Å². The van der Waals surface area contributed by atoms with Crippen molar-refractivity contribution in [2.24, 2.45) is 4.99 Å². The molecule has 0 aliphatic carbocycles. The van der Waals surface area contributed by atoms with Crippen molar-refractivity contribution in [2.45, 2.75) is 6.54 Å². The van der Waals surface area contributed by atoms with Crippen LogP contribution in [0.5, 0.6) is 0 Å². The summed E-state index contributed by atoms with van der Waals surface area (Å²) in [6, 6.07) is 8.42. The molecule has 0 amide bonds. The Morgan fingerprint density at radius 2 is 2.26 bits per heavy atom. The average Bonchev–Trinajstić information content (AvgIpc) is 2.92. The first-order valence-corrected chi connectivity index (χ1v) is 6.78. The highest BCUT2D eigenvalue weighted by atomic mass is 127. The first-order chi connectivity index (χ1) is 8.72. The number of aromatic amines is 1. The summed E-state index contributed by atoms with van der Waals surface area (Å²) in [4.78, 5) is 9.95. The van der Waals surface area contributed by atoms with E-state index in [2.05, 4.69) is 61.4 Å². The van der Waals surface area contributed by atoms with E-state index in [0.29, 0.717) is 0 Å². The maximum atomic E-state index is 4.41. The van der Waals surface area contributed by atoms with E-state index < -0.39 is 0 Å². The number of halogens is 2. The quantitative estimate of drug-likeness (QED) is 0.713. The van der Waals surface area contributed by atoms with Gasteiger partial charge in [0.25, 0.3) is 0 Å². The van der Waals surface area contributed by atoms with Crippen molar-refractivity contribution in [3.05, 3.63) is 34.4 Å². The van der Waals surface area contributed by atoms with Gasteiger partial charge in [-0.25, -0.2) is 0 Å². The number of aliphatic imine (C=N–C) groups is 1. The number of guanidine groups is 1. The largest absolute Gasteiger partial charge is 0.357 e. The zero-order valence-electron chi connectivity index (χ0n) is 10.6. The third-order valence-corrected chi connectivity index (χ3v) is 3.63. The molecule has 0 fully saturated rings. The molecule has 0 saturated carbocycles. The third kappa shape index (κ3) is 3.22. The maximum Gasteiger partial charge on any atom is 0.194 e. The van der Waals surface area contributed by atoms with Gasteiger partial charge >= 0.3 is 0 Å². The van der Waals surface area contributed by atoms with E-state index in [9.17, 15) is 0 Å². The number of hydrogen-bond acceptors (Lipinski definition) is 3. The lowest BCUT2D eigenvalue weighted by Gasteiger charge is -2.14. The van der Waals surface area contributed by atoms with Crippen LogP contribution < -0.4 is 5.32 Å². The average molecular weight is 435 g/mol. The van der Waals surface area contributed by atoms with Gasteiger partial charge in [-0.05, 0) is 24.3 Å². The van der Waals surface area contributed by atoms with Gasteiger partial charge in [-0.2, -0.15) is 0 Å². The summed E-state index contributed by atoms with van der Waals surface area (Å²) in [7, 11) is 2.06. The molecule has 6 heteroatoms. The van der Waals surface area contributed by atoms with Crippen LogP contribution in [0, 0.1) is 0 Å². The van der Waals surface area contributed by atoms with E-state index in [1.807, 2.05) is 6.07 Å². The zero-order valence-corrected chi connectivity index (χ0v) is 14.5. The zero-order chi connectivity index (χ0) is 12.5. The minimum atomic E-state index is 0. The van der Waals surface area contributed by atoms with Crippen molar-refractivity contribution in [1.82, 2.24) is 15.2 Å². The van der Waals surface area contributed by atoms with Crippen LogP contribution in [-0.2, 0) is 6.54 Å². The van der Waals surface area contributed by atoms with Crippen molar-refractivity contribution in [3.63, 3.8) is 0 Å². The summed E-state index contributed by atoms with van der Waals surface area (Å²) in [5.41, 5.74) is 2.34. The number of benzene rings is 1. The lowest BCUT2D eigenvalue weighted by molar-refractivity contribution is 0.533. The Morgan fingerprint density at radius 1 is 1.42 bits per heavy atom. The van der Waals surface area contributed by atoms with Gasteiger partial charge in [0.15, 0.2) is 5.96 Å². The summed E-state index contributed by atoms with van der Waals surface area (Å²) in [5.74, 6) is 0.981. The maximum absolute atomic E-state index is 4.41. The number of aromatic nitrogens is 1. The van der Waals surface area contributed by atoms with Gasteiger partial charge in [0, 0.05) is 34.7 Å². The van der Waals surface area contributed by atoms with Gasteiger partial charge in [-0.15, -0.1) is 24.0 Å². The molecule has 2 aromatic rings. The molecule has 2 heterocycles. The van der Waals surface area contributed by atoms with Gasteiger partial charge in [0.2, 0.25) is 0 Å². The molecular weight excluding hydrogens is 419 g/mol. The number of nitrogens with one attached hydrogen (secondary N) is 2. The molecule has 19 heavy (non-hydrogen) atoms. The molecule has 1 aromatic heterocycles. The number of nitrogens with zero attached hydrogens (tertiary/aromatic N) is 2. The van der Waals surface area contributed by atoms with Crippen molar-refractivity contribution in [1.29, 1.82) is 0 Å². The molecule has 0 bridgehead atoms. The fraction of sp³-hybridized carbons (Fsp3) is 0.308. The van der Waals surface area contributed by atoms with E-state index in [4.69, 9.17) is 0 Å². The molecule has 3 rings (SSSR count). The van der Waals surface area contributed by atoms with Crippen molar-refractivity contribution >= 4 is 56.8 Å². The molecule has 2 N–H and O–H groups in total. The second-order valence-corrected chi connectivity index (χ2v) is 5.42. The van der Waals surface area contributed by atoms with Gasteiger partial charge < -0.3 is 15.2 Å². The van der Waals surface area contributed by atoms with Gasteiger partial charge in [0.05, 0.1) is 13.1 Å². The Labute approximate surface area is 137 Å². The highest BCUT2D eigenvalue weighted by Gasteiger charge is 2.11. The van der Waals surface area contributed by atoms with E-state index in [-0.39, 0.29) is 24.0 Å². The predicted octanol–water partition coefficient (Wildman–Crippen LogP) is 2.94. The molecular formula is C13H16BrIN4. The Bertz CT molecular complexity index is 608. The fourth-order valence-corrected chi connectivity index (χ4v) is 2.54. The number of rotatable bonds is 2. The molecule has 0 saturated heterocycles. The fourth-order valence-electron chi connectivity index (χ4n) is 2.16. The Balaban J connectivity index is 0.00000133. The van der Waals surface area contributed by atoms with Crippen LogP contribution in [0.1, 0.15) is 5.69 Å².